The molecule has 0 saturated carbocycles. The van der Waals surface area contributed by atoms with E-state index in [4.69, 9.17) is 0 Å². The first-order chi connectivity index (χ1) is 16.5. The maximum Gasteiger partial charge on any atom is 0.239 e. The van der Waals surface area contributed by atoms with E-state index in [1.54, 1.807) is 0 Å². The minimum Gasteiger partial charge on any atom is -0.339 e. The van der Waals surface area contributed by atoms with Gasteiger partial charge in [0.2, 0.25) is 11.8 Å². The highest BCUT2D eigenvalue weighted by Crippen LogP contribution is 2.40. The molecule has 34 heavy (non-hydrogen) atoms. The van der Waals surface area contributed by atoms with E-state index in [9.17, 15) is 9.59 Å². The molecule has 6 heteroatoms. The van der Waals surface area contributed by atoms with Crippen LogP contribution >= 0.6 is 11.3 Å². The number of carbonyl (C=O) groups is 2. The number of carbonyl (C=O) groups excluding carboxylic acids is 2. The van der Waals surface area contributed by atoms with Gasteiger partial charge in [-0.05, 0) is 54.8 Å². The molecule has 3 heterocycles. The largest absolute Gasteiger partial charge is 0.339 e. The van der Waals surface area contributed by atoms with Crippen LogP contribution in [-0.2, 0) is 16.0 Å². The van der Waals surface area contributed by atoms with Crippen molar-refractivity contribution in [2.24, 2.45) is 0 Å². The smallest absolute Gasteiger partial charge is 0.239 e. The zero-order chi connectivity index (χ0) is 24.1. The van der Waals surface area contributed by atoms with Crippen LogP contribution < -0.4 is 0 Å². The summed E-state index contributed by atoms with van der Waals surface area (Å²) in [5.74, 6) is 0.434. The minimum atomic E-state index is -0.200. The summed E-state index contributed by atoms with van der Waals surface area (Å²) in [5.41, 5.74) is 3.91. The molecule has 2 aromatic rings. The monoisotopic (exact) mass is 481 g/mol. The van der Waals surface area contributed by atoms with Crippen LogP contribution in [0.25, 0.3) is 0 Å². The third-order valence-corrected chi connectivity index (χ3v) is 8.53. The number of fused-ring (bicyclic) bond motifs is 1. The van der Waals surface area contributed by atoms with Crippen LogP contribution in [0.3, 0.4) is 0 Å². The molecule has 1 aromatic heterocycles. The van der Waals surface area contributed by atoms with Gasteiger partial charge in [0.1, 0.15) is 0 Å². The molecule has 1 saturated heterocycles. The van der Waals surface area contributed by atoms with Gasteiger partial charge in [0.15, 0.2) is 0 Å². The quantitative estimate of drug-likeness (QED) is 0.497. The first kappa shape index (κ1) is 24.9. The zero-order valence-corrected chi connectivity index (χ0v) is 21.8. The molecule has 0 unspecified atom stereocenters. The van der Waals surface area contributed by atoms with Gasteiger partial charge in [-0.2, -0.15) is 0 Å². The molecule has 2 amide bonds. The Hall–Kier alpha value is -2.18. The number of rotatable bonds is 8. The summed E-state index contributed by atoms with van der Waals surface area (Å²) < 4.78 is 0. The Labute approximate surface area is 208 Å². The lowest BCUT2D eigenvalue weighted by molar-refractivity contribution is -0.143. The molecule has 184 valence electrons. The maximum absolute atomic E-state index is 13.6. The van der Waals surface area contributed by atoms with Gasteiger partial charge in [-0.3, -0.25) is 14.5 Å². The molecule has 4 rings (SSSR count). The number of hydrogen-bond donors (Lipinski definition) is 0. The van der Waals surface area contributed by atoms with Gasteiger partial charge in [-0.25, -0.2) is 0 Å². The van der Waals surface area contributed by atoms with E-state index in [-0.39, 0.29) is 23.9 Å². The Kier molecular flexibility index (Phi) is 8.43. The number of hydrogen-bond acceptors (Lipinski definition) is 4. The second-order valence-electron chi connectivity index (χ2n) is 9.74. The summed E-state index contributed by atoms with van der Waals surface area (Å²) in [6, 6.07) is 10.7. The average molecular weight is 482 g/mol. The van der Waals surface area contributed by atoms with E-state index < -0.39 is 0 Å². The van der Waals surface area contributed by atoms with Crippen molar-refractivity contribution in [3.05, 3.63) is 57.3 Å². The first-order valence-electron chi connectivity index (χ1n) is 12.9. The molecule has 2 aliphatic heterocycles. The molecule has 2 aliphatic rings. The fraction of sp³-hybridized carbons (Fsp3) is 0.571. The van der Waals surface area contributed by atoms with Crippen molar-refractivity contribution < 1.29 is 9.59 Å². The van der Waals surface area contributed by atoms with Gasteiger partial charge in [-0.1, -0.05) is 50.5 Å². The molecule has 0 N–H and O–H groups in total. The predicted octanol–water partition coefficient (Wildman–Crippen LogP) is 5.03. The van der Waals surface area contributed by atoms with Crippen molar-refractivity contribution in [3.63, 3.8) is 0 Å². The Morgan fingerprint density at radius 3 is 2.44 bits per heavy atom. The highest BCUT2D eigenvalue weighted by molar-refractivity contribution is 7.10. The van der Waals surface area contributed by atoms with E-state index in [0.717, 1.165) is 25.8 Å². The van der Waals surface area contributed by atoms with Gasteiger partial charge in [0.05, 0.1) is 12.1 Å². The van der Waals surface area contributed by atoms with Gasteiger partial charge in [0, 0.05) is 44.0 Å². The van der Waals surface area contributed by atoms with E-state index in [0.29, 0.717) is 32.6 Å². The lowest BCUT2D eigenvalue weighted by Gasteiger charge is -2.43. The lowest BCUT2D eigenvalue weighted by atomic mass is 9.89. The van der Waals surface area contributed by atoms with E-state index in [2.05, 4.69) is 61.4 Å². The molecule has 2 atom stereocenters. The normalized spacial score (nSPS) is 19.7. The van der Waals surface area contributed by atoms with Crippen molar-refractivity contribution >= 4 is 23.2 Å². The molecule has 0 spiro atoms. The Morgan fingerprint density at radius 2 is 1.71 bits per heavy atom. The molecular formula is C28H39N3O2S. The molecular weight excluding hydrogens is 442 g/mol. The SMILES string of the molecule is CCCCCCC(=O)N1CCN(C(=O)[C@@H](C)N2CCc3sccc3[C@@H]2c2ccccc2C)CC1. The zero-order valence-electron chi connectivity index (χ0n) is 21.0. The summed E-state index contributed by atoms with van der Waals surface area (Å²) in [7, 11) is 0. The second-order valence-corrected chi connectivity index (χ2v) is 10.7. The molecule has 0 bridgehead atoms. The van der Waals surface area contributed by atoms with Gasteiger partial charge in [-0.15, -0.1) is 11.3 Å². The van der Waals surface area contributed by atoms with Crippen molar-refractivity contribution in [1.82, 2.24) is 14.7 Å². The number of aryl methyl sites for hydroxylation is 1. The van der Waals surface area contributed by atoms with Gasteiger partial charge in [0.25, 0.3) is 0 Å². The van der Waals surface area contributed by atoms with Crippen LogP contribution in [-0.4, -0.2) is 65.3 Å². The first-order valence-corrected chi connectivity index (χ1v) is 13.8. The van der Waals surface area contributed by atoms with Crippen LogP contribution in [0.4, 0.5) is 0 Å². The van der Waals surface area contributed by atoms with E-state index >= 15 is 0 Å². The molecule has 5 nitrogen and oxygen atoms in total. The Bertz CT molecular complexity index is 980. The number of unbranched alkanes of at least 4 members (excludes halogenated alkanes) is 3. The summed E-state index contributed by atoms with van der Waals surface area (Å²) in [6.07, 6.45) is 6.11. The third kappa shape index (κ3) is 5.38. The number of nitrogens with zero attached hydrogens (tertiary/aromatic N) is 3. The number of piperazine rings is 1. The van der Waals surface area contributed by atoms with E-state index in [1.807, 2.05) is 21.1 Å². The van der Waals surface area contributed by atoms with Crippen LogP contribution in [0.15, 0.2) is 35.7 Å². The van der Waals surface area contributed by atoms with Crippen molar-refractivity contribution in [2.45, 2.75) is 71.4 Å². The summed E-state index contributed by atoms with van der Waals surface area (Å²) in [4.78, 5) is 33.9. The topological polar surface area (TPSA) is 43.9 Å². The van der Waals surface area contributed by atoms with Gasteiger partial charge >= 0.3 is 0 Å². The molecule has 0 radical (unpaired) electrons. The third-order valence-electron chi connectivity index (χ3n) is 7.53. The number of thiophene rings is 1. The van der Waals surface area contributed by atoms with Crippen LogP contribution in [0, 0.1) is 6.92 Å². The average Bonchev–Trinajstić information content (AvgIpc) is 3.35. The maximum atomic E-state index is 13.6. The number of amides is 2. The number of benzene rings is 1. The standard InChI is InChI=1S/C28H39N3O2S/c1-4-5-6-7-12-26(32)29-16-18-30(19-17-29)28(33)22(3)31-15-13-25-24(14-20-34-25)27(31)23-11-9-8-10-21(23)2/h8-11,14,20,22,27H,4-7,12-13,15-19H2,1-3H3/t22-,27+/m1/s1. The fourth-order valence-corrected chi connectivity index (χ4v) is 6.34. The van der Waals surface area contributed by atoms with Crippen LogP contribution in [0.1, 0.15) is 73.6 Å². The molecule has 1 fully saturated rings. The summed E-state index contributed by atoms with van der Waals surface area (Å²) in [5, 5.41) is 2.18. The highest BCUT2D eigenvalue weighted by atomic mass is 32.1. The van der Waals surface area contributed by atoms with E-state index in [1.165, 1.54) is 34.4 Å². The Morgan fingerprint density at radius 1 is 0.971 bits per heavy atom. The lowest BCUT2D eigenvalue weighted by Crippen LogP contribution is -2.56. The van der Waals surface area contributed by atoms with Crippen LogP contribution in [0.5, 0.6) is 0 Å². The molecule has 0 aliphatic carbocycles. The van der Waals surface area contributed by atoms with Crippen molar-refractivity contribution in [1.29, 1.82) is 0 Å². The predicted molar refractivity (Wildman–Crippen MR) is 139 cm³/mol. The van der Waals surface area contributed by atoms with Crippen molar-refractivity contribution in [2.75, 3.05) is 32.7 Å². The van der Waals surface area contributed by atoms with Crippen LogP contribution in [0.2, 0.25) is 0 Å². The Balaban J connectivity index is 1.41. The van der Waals surface area contributed by atoms with Gasteiger partial charge < -0.3 is 9.80 Å². The summed E-state index contributed by atoms with van der Waals surface area (Å²) >= 11 is 1.83. The summed E-state index contributed by atoms with van der Waals surface area (Å²) in [6.45, 7) is 9.88. The molecule has 1 aromatic carbocycles. The highest BCUT2D eigenvalue weighted by Gasteiger charge is 2.37. The fourth-order valence-electron chi connectivity index (χ4n) is 5.44. The second kappa shape index (κ2) is 11.5. The minimum absolute atomic E-state index is 0.112. The van der Waals surface area contributed by atoms with Crippen molar-refractivity contribution in [3.8, 4) is 0 Å².